The van der Waals surface area contributed by atoms with Gasteiger partial charge in [0, 0.05) is 11.4 Å². The molecule has 25 heavy (non-hydrogen) atoms. The average Bonchev–Trinajstić information content (AvgIpc) is 2.58. The molecule has 0 heterocycles. The molecule has 1 aromatic rings. The van der Waals surface area contributed by atoms with E-state index in [1.54, 1.807) is 32.0 Å². The Kier molecular flexibility index (Phi) is 7.01. The maximum Gasteiger partial charge on any atom is 0.309 e. The van der Waals surface area contributed by atoms with E-state index in [2.05, 4.69) is 6.07 Å². The van der Waals surface area contributed by atoms with E-state index in [0.717, 1.165) is 5.56 Å². The summed E-state index contributed by atoms with van der Waals surface area (Å²) in [6.07, 6.45) is 0.578. The van der Waals surface area contributed by atoms with Crippen molar-refractivity contribution in [1.29, 1.82) is 5.26 Å². The zero-order chi connectivity index (χ0) is 19.3. The first-order valence-corrected chi connectivity index (χ1v) is 8.67. The molecule has 1 unspecified atom stereocenters. The highest BCUT2D eigenvalue weighted by atomic mass is 35.5. The lowest BCUT2D eigenvalue weighted by Gasteiger charge is -2.37. The lowest BCUT2D eigenvalue weighted by Crippen LogP contribution is -2.39. The summed E-state index contributed by atoms with van der Waals surface area (Å²) in [6.45, 7) is 5.38. The maximum atomic E-state index is 11.9. The number of carbonyl (C=O) groups is 2. The lowest BCUT2D eigenvalue weighted by atomic mass is 9.63. The molecule has 6 heteroatoms. The Morgan fingerprint density at radius 1 is 1.24 bits per heavy atom. The highest BCUT2D eigenvalue weighted by Gasteiger charge is 2.46. The number of hydrogen-bond acceptors (Lipinski definition) is 3. The minimum Gasteiger partial charge on any atom is -0.481 e. The third-order valence-corrected chi connectivity index (χ3v) is 5.38. The first-order valence-electron chi connectivity index (χ1n) is 8.29. The number of carboxylic acid groups (broad SMARTS) is 2. The molecule has 0 aliphatic rings. The van der Waals surface area contributed by atoms with Gasteiger partial charge in [-0.1, -0.05) is 31.5 Å². The Hall–Kier alpha value is -2.06. The van der Waals surface area contributed by atoms with Crippen molar-refractivity contribution in [2.24, 2.45) is 5.41 Å². The summed E-state index contributed by atoms with van der Waals surface area (Å²) in [5, 5.41) is 29.3. The van der Waals surface area contributed by atoms with Crippen molar-refractivity contribution in [3.05, 3.63) is 34.3 Å². The molecule has 5 nitrogen and oxygen atoms in total. The van der Waals surface area contributed by atoms with Gasteiger partial charge in [0.2, 0.25) is 0 Å². The van der Waals surface area contributed by atoms with E-state index in [9.17, 15) is 20.0 Å². The summed E-state index contributed by atoms with van der Waals surface area (Å²) >= 11 is 6.10. The number of aliphatic carboxylic acids is 2. The normalized spacial score (nSPS) is 13.7. The van der Waals surface area contributed by atoms with Crippen molar-refractivity contribution in [3.8, 4) is 6.07 Å². The molecular formula is C19H24ClNO4. The monoisotopic (exact) mass is 365 g/mol. The zero-order valence-corrected chi connectivity index (χ0v) is 15.6. The fourth-order valence-electron chi connectivity index (χ4n) is 3.36. The topological polar surface area (TPSA) is 98.4 Å². The maximum absolute atomic E-state index is 11.9. The van der Waals surface area contributed by atoms with Gasteiger partial charge in [0.15, 0.2) is 0 Å². The van der Waals surface area contributed by atoms with Gasteiger partial charge in [-0.3, -0.25) is 9.59 Å². The van der Waals surface area contributed by atoms with Gasteiger partial charge < -0.3 is 10.2 Å². The molecule has 0 spiro atoms. The van der Waals surface area contributed by atoms with E-state index in [-0.39, 0.29) is 19.3 Å². The van der Waals surface area contributed by atoms with Crippen LogP contribution in [0.25, 0.3) is 0 Å². The van der Waals surface area contributed by atoms with Crippen LogP contribution in [-0.4, -0.2) is 22.2 Å². The SMILES string of the molecule is CCC(CC)(CC(C#N)(CCC(=O)O)c1cc(Cl)ccc1C)C(=O)O. The molecule has 1 rings (SSSR count). The smallest absolute Gasteiger partial charge is 0.309 e. The Morgan fingerprint density at radius 2 is 1.84 bits per heavy atom. The Bertz CT molecular complexity index is 691. The van der Waals surface area contributed by atoms with Crippen molar-refractivity contribution in [1.82, 2.24) is 0 Å². The summed E-state index contributed by atoms with van der Waals surface area (Å²) in [6, 6.07) is 7.37. The molecule has 0 aliphatic carbocycles. The molecule has 1 atom stereocenters. The molecule has 2 N–H and O–H groups in total. The van der Waals surface area contributed by atoms with Crippen LogP contribution in [-0.2, 0) is 15.0 Å². The minimum atomic E-state index is -1.22. The van der Waals surface area contributed by atoms with Gasteiger partial charge in [-0.05, 0) is 55.9 Å². The van der Waals surface area contributed by atoms with Crippen molar-refractivity contribution < 1.29 is 19.8 Å². The van der Waals surface area contributed by atoms with Crippen molar-refractivity contribution in [3.63, 3.8) is 0 Å². The van der Waals surface area contributed by atoms with Crippen molar-refractivity contribution >= 4 is 23.5 Å². The molecule has 1 aromatic carbocycles. The van der Waals surface area contributed by atoms with Crippen LogP contribution in [0.1, 0.15) is 57.1 Å². The predicted octanol–water partition coefficient (Wildman–Crippen LogP) is 4.56. The molecule has 0 fully saturated rings. The number of aryl methyl sites for hydroxylation is 1. The lowest BCUT2D eigenvalue weighted by molar-refractivity contribution is -0.150. The van der Waals surface area contributed by atoms with E-state index in [0.29, 0.717) is 23.4 Å². The number of rotatable bonds is 9. The number of hydrogen-bond donors (Lipinski definition) is 2. The molecular weight excluding hydrogens is 342 g/mol. The fraction of sp³-hybridized carbons (Fsp3) is 0.526. The van der Waals surface area contributed by atoms with Crippen LogP contribution in [0, 0.1) is 23.7 Å². The second kappa shape index (κ2) is 8.35. The number of halogens is 1. The van der Waals surface area contributed by atoms with Crippen LogP contribution in [0.3, 0.4) is 0 Å². The first kappa shape index (κ1) is 21.0. The largest absolute Gasteiger partial charge is 0.481 e. The summed E-state index contributed by atoms with van der Waals surface area (Å²) < 4.78 is 0. The standard InChI is InChI=1S/C19H24ClNO4/c1-4-18(5-2,17(24)25)11-19(12-21,9-8-16(22)23)15-10-14(20)7-6-13(15)3/h6-7,10H,4-5,8-9,11H2,1-3H3,(H,22,23)(H,24,25). The van der Waals surface area contributed by atoms with Crippen LogP contribution < -0.4 is 0 Å². The Balaban J connectivity index is 3.56. The molecule has 0 saturated carbocycles. The minimum absolute atomic E-state index is 0.0368. The van der Waals surface area contributed by atoms with Gasteiger partial charge in [0.05, 0.1) is 16.9 Å². The second-order valence-electron chi connectivity index (χ2n) is 6.52. The highest BCUT2D eigenvalue weighted by molar-refractivity contribution is 6.30. The van der Waals surface area contributed by atoms with Crippen LogP contribution in [0.15, 0.2) is 18.2 Å². The zero-order valence-electron chi connectivity index (χ0n) is 14.8. The second-order valence-corrected chi connectivity index (χ2v) is 6.95. The van der Waals surface area contributed by atoms with Gasteiger partial charge >= 0.3 is 11.9 Å². The third kappa shape index (κ3) is 4.52. The fourth-order valence-corrected chi connectivity index (χ4v) is 3.53. The van der Waals surface area contributed by atoms with Gasteiger partial charge in [-0.25, -0.2) is 0 Å². The summed E-state index contributed by atoms with van der Waals surface area (Å²) in [4.78, 5) is 23.1. The Morgan fingerprint density at radius 3 is 2.28 bits per heavy atom. The number of benzene rings is 1. The first-order chi connectivity index (χ1) is 11.7. The highest BCUT2D eigenvalue weighted by Crippen LogP contribution is 2.45. The summed E-state index contributed by atoms with van der Waals surface area (Å²) in [5.41, 5.74) is -0.917. The van der Waals surface area contributed by atoms with Crippen LogP contribution in [0.2, 0.25) is 5.02 Å². The van der Waals surface area contributed by atoms with Crippen molar-refractivity contribution in [2.45, 2.75) is 58.3 Å². The Labute approximate surface area is 153 Å². The quantitative estimate of drug-likeness (QED) is 0.668. The summed E-state index contributed by atoms with van der Waals surface area (Å²) in [7, 11) is 0. The third-order valence-electron chi connectivity index (χ3n) is 5.14. The molecule has 0 saturated heterocycles. The van der Waals surface area contributed by atoms with Crippen LogP contribution in [0.5, 0.6) is 0 Å². The van der Waals surface area contributed by atoms with E-state index in [1.165, 1.54) is 0 Å². The van der Waals surface area contributed by atoms with Crippen LogP contribution >= 0.6 is 11.6 Å². The van der Waals surface area contributed by atoms with Gasteiger partial charge in [0.25, 0.3) is 0 Å². The van der Waals surface area contributed by atoms with E-state index < -0.39 is 22.8 Å². The van der Waals surface area contributed by atoms with Crippen molar-refractivity contribution in [2.75, 3.05) is 0 Å². The average molecular weight is 366 g/mol. The molecule has 136 valence electrons. The van der Waals surface area contributed by atoms with E-state index >= 15 is 0 Å². The molecule has 0 amide bonds. The van der Waals surface area contributed by atoms with E-state index in [1.807, 2.05) is 6.92 Å². The van der Waals surface area contributed by atoms with Gasteiger partial charge in [-0.15, -0.1) is 0 Å². The van der Waals surface area contributed by atoms with E-state index in [4.69, 9.17) is 16.7 Å². The predicted molar refractivity (Wildman–Crippen MR) is 95.6 cm³/mol. The van der Waals surface area contributed by atoms with Gasteiger partial charge in [0.1, 0.15) is 0 Å². The molecule has 0 aromatic heterocycles. The van der Waals surface area contributed by atoms with Crippen LogP contribution in [0.4, 0.5) is 0 Å². The molecule has 0 aliphatic heterocycles. The number of nitriles is 1. The number of nitrogens with zero attached hydrogens (tertiary/aromatic N) is 1. The molecule has 0 radical (unpaired) electrons. The summed E-state index contributed by atoms with van der Waals surface area (Å²) in [5.74, 6) is -1.99. The molecule has 0 bridgehead atoms. The van der Waals surface area contributed by atoms with Gasteiger partial charge in [-0.2, -0.15) is 5.26 Å². The number of carboxylic acids is 2.